The fourth-order valence-electron chi connectivity index (χ4n) is 2.60. The lowest BCUT2D eigenvalue weighted by Crippen LogP contribution is -2.36. The van der Waals surface area contributed by atoms with Crippen LogP contribution in [0, 0.1) is 0 Å². The number of hydrogen-bond donors (Lipinski definition) is 2. The third-order valence-corrected chi connectivity index (χ3v) is 4.38. The minimum atomic E-state index is -0.0860. The molecule has 0 aliphatic carbocycles. The largest absolute Gasteiger partial charge is 0.497 e. The number of likely N-dealkylation sites (N-methyl/N-ethyl adjacent to an activating group) is 1. The smallest absolute Gasteiger partial charge is 0.259 e. The Morgan fingerprint density at radius 1 is 1.00 bits per heavy atom. The van der Waals surface area contributed by atoms with Crippen LogP contribution >= 0.6 is 0 Å². The van der Waals surface area contributed by atoms with Gasteiger partial charge in [0.2, 0.25) is 0 Å². The van der Waals surface area contributed by atoms with Gasteiger partial charge in [-0.3, -0.25) is 9.79 Å². The van der Waals surface area contributed by atoms with Crippen molar-refractivity contribution >= 4 is 11.9 Å². The van der Waals surface area contributed by atoms with Crippen LogP contribution in [-0.4, -0.2) is 58.7 Å². The number of aliphatic imine (C=N–C) groups is 1. The summed E-state index contributed by atoms with van der Waals surface area (Å²) in [7, 11) is 8.37. The molecular weight excluding hydrogens is 384 g/mol. The highest BCUT2D eigenvalue weighted by molar-refractivity contribution is 5.79. The molecule has 0 heterocycles. The lowest BCUT2D eigenvalue weighted by Gasteiger charge is -2.15. The Hall–Kier alpha value is -3.42. The van der Waals surface area contributed by atoms with Crippen molar-refractivity contribution in [2.24, 2.45) is 4.99 Å². The number of nitrogens with one attached hydrogen (secondary N) is 2. The Morgan fingerprint density at radius 2 is 1.77 bits per heavy atom. The molecule has 2 N–H and O–H groups in total. The second-order valence-electron chi connectivity index (χ2n) is 6.68. The van der Waals surface area contributed by atoms with E-state index < -0.39 is 0 Å². The number of guanidine groups is 1. The molecule has 0 radical (unpaired) electrons. The maximum atomic E-state index is 11.7. The molecule has 1 amide bonds. The monoisotopic (exact) mass is 414 g/mol. The van der Waals surface area contributed by atoms with Crippen LogP contribution in [0.4, 0.5) is 0 Å². The molecular formula is C22H30N4O4. The van der Waals surface area contributed by atoms with Gasteiger partial charge in [0.15, 0.2) is 12.6 Å². The zero-order chi connectivity index (χ0) is 21.9. The van der Waals surface area contributed by atoms with Gasteiger partial charge in [0, 0.05) is 45.9 Å². The first-order valence-electron chi connectivity index (χ1n) is 9.54. The highest BCUT2D eigenvalue weighted by Crippen LogP contribution is 2.24. The van der Waals surface area contributed by atoms with E-state index in [2.05, 4.69) is 15.6 Å². The van der Waals surface area contributed by atoms with E-state index in [9.17, 15) is 4.79 Å². The van der Waals surface area contributed by atoms with E-state index in [4.69, 9.17) is 14.2 Å². The van der Waals surface area contributed by atoms with Gasteiger partial charge in [-0.25, -0.2) is 0 Å². The van der Waals surface area contributed by atoms with Crippen molar-refractivity contribution in [3.8, 4) is 17.2 Å². The third-order valence-electron chi connectivity index (χ3n) is 4.38. The summed E-state index contributed by atoms with van der Waals surface area (Å²) >= 11 is 0. The molecule has 0 bridgehead atoms. The number of nitrogens with zero attached hydrogens (tertiary/aromatic N) is 2. The van der Waals surface area contributed by atoms with Crippen molar-refractivity contribution in [3.05, 3.63) is 53.6 Å². The molecule has 0 aromatic heterocycles. The topological polar surface area (TPSA) is 84.4 Å². The number of rotatable bonds is 9. The second kappa shape index (κ2) is 11.5. The Balaban J connectivity index is 1.90. The van der Waals surface area contributed by atoms with Gasteiger partial charge in [0.25, 0.3) is 5.91 Å². The van der Waals surface area contributed by atoms with Crippen molar-refractivity contribution < 1.29 is 19.0 Å². The van der Waals surface area contributed by atoms with Crippen LogP contribution in [-0.2, 0) is 17.9 Å². The third kappa shape index (κ3) is 6.88. The zero-order valence-corrected chi connectivity index (χ0v) is 18.2. The van der Waals surface area contributed by atoms with Gasteiger partial charge in [-0.2, -0.15) is 0 Å². The van der Waals surface area contributed by atoms with Crippen LogP contribution in [0.1, 0.15) is 11.1 Å². The maximum Gasteiger partial charge on any atom is 0.259 e. The molecule has 0 aliphatic rings. The molecule has 8 heteroatoms. The summed E-state index contributed by atoms with van der Waals surface area (Å²) < 4.78 is 16.2. The number of amides is 1. The lowest BCUT2D eigenvalue weighted by atomic mass is 10.2. The predicted octanol–water partition coefficient (Wildman–Crippen LogP) is 2.04. The van der Waals surface area contributed by atoms with E-state index in [1.54, 1.807) is 35.4 Å². The molecule has 2 aromatic carbocycles. The first-order chi connectivity index (χ1) is 14.5. The first-order valence-corrected chi connectivity index (χ1v) is 9.54. The van der Waals surface area contributed by atoms with E-state index in [1.165, 1.54) is 4.90 Å². The van der Waals surface area contributed by atoms with Gasteiger partial charge in [-0.05, 0) is 29.8 Å². The second-order valence-corrected chi connectivity index (χ2v) is 6.68. The average molecular weight is 415 g/mol. The molecule has 2 aromatic rings. The van der Waals surface area contributed by atoms with Crippen LogP contribution in [0.3, 0.4) is 0 Å². The maximum absolute atomic E-state index is 11.7. The highest BCUT2D eigenvalue weighted by atomic mass is 16.5. The van der Waals surface area contributed by atoms with Crippen molar-refractivity contribution in [2.75, 3.05) is 42.0 Å². The molecule has 30 heavy (non-hydrogen) atoms. The van der Waals surface area contributed by atoms with Crippen molar-refractivity contribution in [2.45, 2.75) is 13.1 Å². The van der Waals surface area contributed by atoms with Crippen LogP contribution in [0.25, 0.3) is 0 Å². The van der Waals surface area contributed by atoms with Crippen LogP contribution < -0.4 is 24.8 Å². The minimum absolute atomic E-state index is 0.0107. The molecule has 0 unspecified atom stereocenters. The number of benzene rings is 2. The van der Waals surface area contributed by atoms with Crippen molar-refractivity contribution in [1.29, 1.82) is 0 Å². The Labute approximate surface area is 177 Å². The summed E-state index contributed by atoms with van der Waals surface area (Å²) in [5, 5.41) is 6.54. The van der Waals surface area contributed by atoms with Gasteiger partial charge >= 0.3 is 0 Å². The van der Waals surface area contributed by atoms with E-state index in [1.807, 2.05) is 42.5 Å². The first kappa shape index (κ1) is 22.9. The summed E-state index contributed by atoms with van der Waals surface area (Å²) in [4.78, 5) is 17.4. The lowest BCUT2D eigenvalue weighted by molar-refractivity contribution is -0.130. The number of ether oxygens (including phenoxy) is 3. The number of hydrogen-bond acceptors (Lipinski definition) is 5. The molecule has 8 nitrogen and oxygen atoms in total. The zero-order valence-electron chi connectivity index (χ0n) is 18.2. The Kier molecular flexibility index (Phi) is 8.80. The van der Waals surface area contributed by atoms with Gasteiger partial charge in [-0.1, -0.05) is 12.1 Å². The molecule has 0 saturated heterocycles. The van der Waals surface area contributed by atoms with Gasteiger partial charge < -0.3 is 29.7 Å². The van der Waals surface area contributed by atoms with Crippen LogP contribution in [0.2, 0.25) is 0 Å². The van der Waals surface area contributed by atoms with Crippen molar-refractivity contribution in [1.82, 2.24) is 15.5 Å². The summed E-state index contributed by atoms with van der Waals surface area (Å²) in [6.45, 7) is 1.11. The van der Waals surface area contributed by atoms with Gasteiger partial charge in [-0.15, -0.1) is 0 Å². The Bertz CT molecular complexity index is 868. The van der Waals surface area contributed by atoms with E-state index in [-0.39, 0.29) is 12.5 Å². The summed E-state index contributed by atoms with van der Waals surface area (Å²) in [6, 6.07) is 13.3. The quantitative estimate of drug-likeness (QED) is 0.483. The van der Waals surface area contributed by atoms with Crippen molar-refractivity contribution in [3.63, 3.8) is 0 Å². The van der Waals surface area contributed by atoms with E-state index in [0.29, 0.717) is 24.8 Å². The number of carbonyl (C=O) groups is 1. The predicted molar refractivity (Wildman–Crippen MR) is 117 cm³/mol. The van der Waals surface area contributed by atoms with Gasteiger partial charge in [0.05, 0.1) is 14.2 Å². The van der Waals surface area contributed by atoms with E-state index >= 15 is 0 Å². The molecule has 162 valence electrons. The molecule has 0 fully saturated rings. The molecule has 2 rings (SSSR count). The molecule has 0 aliphatic heterocycles. The average Bonchev–Trinajstić information content (AvgIpc) is 2.77. The van der Waals surface area contributed by atoms with Crippen LogP contribution in [0.5, 0.6) is 17.2 Å². The molecule has 0 spiro atoms. The van der Waals surface area contributed by atoms with E-state index in [0.717, 1.165) is 22.6 Å². The van der Waals surface area contributed by atoms with Gasteiger partial charge in [0.1, 0.15) is 17.2 Å². The molecule has 0 atom stereocenters. The fourth-order valence-corrected chi connectivity index (χ4v) is 2.60. The number of carbonyl (C=O) groups excluding carboxylic acids is 1. The SMILES string of the molecule is CN=C(NCc1cccc(OCC(=O)N(C)C)c1)NCc1ccc(OC)cc1OC. The minimum Gasteiger partial charge on any atom is -0.497 e. The normalized spacial score (nSPS) is 10.9. The standard InChI is InChI=1S/C22H30N4O4/c1-23-22(25-14-17-9-10-18(28-4)12-20(17)29-5)24-13-16-7-6-8-19(11-16)30-15-21(27)26(2)3/h6-12H,13-15H2,1-5H3,(H2,23,24,25). The number of methoxy groups -OCH3 is 2. The summed E-state index contributed by atoms with van der Waals surface area (Å²) in [6.07, 6.45) is 0. The van der Waals surface area contributed by atoms with Crippen LogP contribution in [0.15, 0.2) is 47.5 Å². The summed E-state index contributed by atoms with van der Waals surface area (Å²) in [5.41, 5.74) is 2.00. The summed E-state index contributed by atoms with van der Waals surface area (Å²) in [5.74, 6) is 2.70. The molecule has 0 saturated carbocycles. The Morgan fingerprint density at radius 3 is 2.43 bits per heavy atom. The fraction of sp³-hybridized carbons (Fsp3) is 0.364. The highest BCUT2D eigenvalue weighted by Gasteiger charge is 2.08.